The van der Waals surface area contributed by atoms with Crippen LogP contribution in [-0.4, -0.2) is 8.07 Å². The predicted molar refractivity (Wildman–Crippen MR) is 130 cm³/mol. The van der Waals surface area contributed by atoms with Crippen LogP contribution in [-0.2, 0) is 0 Å². The molecule has 0 saturated heterocycles. The van der Waals surface area contributed by atoms with E-state index >= 15 is 0 Å². The molecule has 0 atom stereocenters. The van der Waals surface area contributed by atoms with E-state index in [9.17, 15) is 0 Å². The average molecular weight is 474 g/mol. The Morgan fingerprint density at radius 2 is 0.621 bits per heavy atom. The monoisotopic (exact) mass is 472 g/mol. The highest BCUT2D eigenvalue weighted by Crippen LogP contribution is 2.18. The first-order valence-electron chi connectivity index (χ1n) is 9.04. The largest absolute Gasteiger partial charge is 0.179 e. The summed E-state index contributed by atoms with van der Waals surface area (Å²) in [4.78, 5) is 0. The quantitative estimate of drug-likeness (QED) is 0.264. The maximum Gasteiger partial charge on any atom is 0.179 e. The van der Waals surface area contributed by atoms with Gasteiger partial charge in [-0.1, -0.05) is 94.9 Å². The summed E-state index contributed by atoms with van der Waals surface area (Å²) in [6.07, 6.45) is 0. The van der Waals surface area contributed by atoms with Crippen LogP contribution in [0.5, 0.6) is 0 Å². The van der Waals surface area contributed by atoms with E-state index < -0.39 is 8.07 Å². The lowest BCUT2D eigenvalue weighted by Crippen LogP contribution is -2.74. The summed E-state index contributed by atoms with van der Waals surface area (Å²) < 4.78 is 0. The average Bonchev–Trinajstić information content (AvgIpc) is 2.69. The molecule has 0 N–H and O–H groups in total. The van der Waals surface area contributed by atoms with Gasteiger partial charge in [0.1, 0.15) is 0 Å². The molecule has 0 aliphatic carbocycles. The van der Waals surface area contributed by atoms with Gasteiger partial charge in [-0.25, -0.2) is 0 Å². The second-order valence-corrected chi connectivity index (χ2v) is 12.3. The Balaban J connectivity index is 2.19. The van der Waals surface area contributed by atoms with Crippen LogP contribution in [0.1, 0.15) is 0 Å². The molecule has 0 aliphatic rings. The summed E-state index contributed by atoms with van der Waals surface area (Å²) >= 11 is 25.8. The molecule has 29 heavy (non-hydrogen) atoms. The first-order valence-corrected chi connectivity index (χ1v) is 12.6. The molecule has 0 amide bonds. The molecule has 5 heteroatoms. The van der Waals surface area contributed by atoms with E-state index in [0.717, 1.165) is 20.7 Å². The fourth-order valence-electron chi connectivity index (χ4n) is 3.89. The van der Waals surface area contributed by atoms with E-state index in [-0.39, 0.29) is 0 Å². The molecule has 4 aromatic carbocycles. The van der Waals surface area contributed by atoms with Crippen molar-refractivity contribution in [2.24, 2.45) is 0 Å². The Labute approximate surface area is 191 Å². The molecular formula is C24H16Cl4Si. The van der Waals surface area contributed by atoms with Crippen molar-refractivity contribution in [3.8, 4) is 0 Å². The molecule has 0 aromatic heterocycles. The molecule has 4 aromatic rings. The fourth-order valence-corrected chi connectivity index (χ4v) is 9.89. The van der Waals surface area contributed by atoms with Crippen molar-refractivity contribution >= 4 is 75.2 Å². The topological polar surface area (TPSA) is 0 Å². The zero-order chi connectivity index (χ0) is 20.4. The summed E-state index contributed by atoms with van der Waals surface area (Å²) in [5, 5.41) is 7.29. The van der Waals surface area contributed by atoms with Gasteiger partial charge in [-0.3, -0.25) is 0 Å². The maximum absolute atomic E-state index is 6.45. The van der Waals surface area contributed by atoms with Crippen molar-refractivity contribution in [2.75, 3.05) is 0 Å². The Bertz CT molecular complexity index is 985. The Hall–Kier alpha value is -1.74. The summed E-state index contributed by atoms with van der Waals surface area (Å²) in [5.41, 5.74) is 0. The van der Waals surface area contributed by atoms with Crippen molar-refractivity contribution in [1.82, 2.24) is 0 Å². The van der Waals surface area contributed by atoms with Gasteiger partial charge in [0.05, 0.1) is 0 Å². The van der Waals surface area contributed by atoms with Gasteiger partial charge in [0.25, 0.3) is 0 Å². The highest BCUT2D eigenvalue weighted by Gasteiger charge is 2.42. The van der Waals surface area contributed by atoms with E-state index in [2.05, 4.69) is 24.3 Å². The standard InChI is InChI=1S/C24H16Cl4Si/c25-17-5-1-9-21(13-17)29(22-10-2-6-18(26)14-22,23-11-3-7-19(27)15-23)24-12-4-8-20(28)16-24/h1-16H. The van der Waals surface area contributed by atoms with Gasteiger partial charge in [0.15, 0.2) is 8.07 Å². The molecule has 0 fully saturated rings. The summed E-state index contributed by atoms with van der Waals surface area (Å²) in [5.74, 6) is 0. The van der Waals surface area contributed by atoms with Gasteiger partial charge in [0, 0.05) is 20.1 Å². The lowest BCUT2D eigenvalue weighted by atomic mass is 10.3. The van der Waals surface area contributed by atoms with E-state index in [4.69, 9.17) is 46.4 Å². The molecule has 0 heterocycles. The molecule has 0 radical (unpaired) electrons. The molecule has 0 saturated carbocycles. The van der Waals surface area contributed by atoms with E-state index in [1.54, 1.807) is 0 Å². The maximum atomic E-state index is 6.45. The number of benzene rings is 4. The fraction of sp³-hybridized carbons (Fsp3) is 0. The SMILES string of the molecule is Clc1cccc([Si](c2cccc(Cl)c2)(c2cccc(Cl)c2)c2cccc(Cl)c2)c1. The molecule has 0 unspecified atom stereocenters. The van der Waals surface area contributed by atoms with Gasteiger partial charge in [-0.05, 0) is 69.3 Å². The molecule has 144 valence electrons. The van der Waals surface area contributed by atoms with Gasteiger partial charge < -0.3 is 0 Å². The zero-order valence-electron chi connectivity index (χ0n) is 15.2. The number of halogens is 4. The normalized spacial score (nSPS) is 11.4. The van der Waals surface area contributed by atoms with Crippen molar-refractivity contribution in [2.45, 2.75) is 0 Å². The summed E-state index contributed by atoms with van der Waals surface area (Å²) in [6, 6.07) is 32.1. The van der Waals surface area contributed by atoms with Crippen LogP contribution in [0.3, 0.4) is 0 Å². The van der Waals surface area contributed by atoms with Crippen LogP contribution in [0.25, 0.3) is 0 Å². The summed E-state index contributed by atoms with van der Waals surface area (Å²) in [7, 11) is -2.76. The predicted octanol–water partition coefficient (Wildman–Crippen LogP) is 5.68. The highest BCUT2D eigenvalue weighted by atomic mass is 35.5. The lowest BCUT2D eigenvalue weighted by molar-refractivity contribution is 1.66. The second-order valence-electron chi connectivity index (χ2n) is 6.79. The van der Waals surface area contributed by atoms with Crippen LogP contribution < -0.4 is 20.7 Å². The van der Waals surface area contributed by atoms with Crippen LogP contribution in [0, 0.1) is 0 Å². The van der Waals surface area contributed by atoms with Crippen molar-refractivity contribution < 1.29 is 0 Å². The lowest BCUT2D eigenvalue weighted by Gasteiger charge is -2.34. The second kappa shape index (κ2) is 8.55. The van der Waals surface area contributed by atoms with Crippen LogP contribution in [0.15, 0.2) is 97.1 Å². The molecule has 0 aliphatic heterocycles. The Kier molecular flexibility index (Phi) is 6.05. The van der Waals surface area contributed by atoms with Crippen LogP contribution in [0.2, 0.25) is 20.1 Å². The van der Waals surface area contributed by atoms with E-state index in [1.165, 1.54) is 0 Å². The van der Waals surface area contributed by atoms with Gasteiger partial charge in [-0.2, -0.15) is 0 Å². The minimum absolute atomic E-state index is 0.686. The third kappa shape index (κ3) is 3.99. The highest BCUT2D eigenvalue weighted by molar-refractivity contribution is 7.20. The van der Waals surface area contributed by atoms with Gasteiger partial charge in [0.2, 0.25) is 0 Å². The Morgan fingerprint density at radius 3 is 0.828 bits per heavy atom. The van der Waals surface area contributed by atoms with Gasteiger partial charge >= 0.3 is 0 Å². The van der Waals surface area contributed by atoms with Crippen LogP contribution in [0.4, 0.5) is 0 Å². The minimum atomic E-state index is -2.76. The first kappa shape index (κ1) is 20.5. The number of hydrogen-bond acceptors (Lipinski definition) is 0. The van der Waals surface area contributed by atoms with Crippen molar-refractivity contribution in [3.63, 3.8) is 0 Å². The van der Waals surface area contributed by atoms with Crippen molar-refractivity contribution in [1.29, 1.82) is 0 Å². The molecule has 4 rings (SSSR count). The molecule has 0 spiro atoms. The molecule has 0 bridgehead atoms. The molecular weight excluding hydrogens is 458 g/mol. The number of hydrogen-bond donors (Lipinski definition) is 0. The summed E-state index contributed by atoms with van der Waals surface area (Å²) in [6.45, 7) is 0. The van der Waals surface area contributed by atoms with Gasteiger partial charge in [-0.15, -0.1) is 0 Å². The smallest absolute Gasteiger partial charge is 0.0843 e. The Morgan fingerprint density at radius 1 is 0.379 bits per heavy atom. The van der Waals surface area contributed by atoms with Crippen LogP contribution >= 0.6 is 46.4 Å². The minimum Gasteiger partial charge on any atom is -0.0843 e. The zero-order valence-corrected chi connectivity index (χ0v) is 19.3. The van der Waals surface area contributed by atoms with E-state index in [1.807, 2.05) is 72.8 Å². The molecule has 0 nitrogen and oxygen atoms in total. The van der Waals surface area contributed by atoms with Crippen molar-refractivity contribution in [3.05, 3.63) is 117 Å². The number of rotatable bonds is 4. The first-order chi connectivity index (χ1) is 14.0. The third-order valence-electron chi connectivity index (χ3n) is 5.03. The van der Waals surface area contributed by atoms with E-state index in [0.29, 0.717) is 20.1 Å². The third-order valence-corrected chi connectivity index (χ3v) is 10.7.